The third-order valence-corrected chi connectivity index (χ3v) is 1.84. The van der Waals surface area contributed by atoms with Crippen LogP contribution in [0.1, 0.15) is 22.3 Å². The Labute approximate surface area is 89.6 Å². The number of rotatable bonds is 4. The van der Waals surface area contributed by atoms with Gasteiger partial charge in [0.15, 0.2) is 6.10 Å². The number of nitrogens with zero attached hydrogens (tertiary/aromatic N) is 1. The second-order valence-electron chi connectivity index (χ2n) is 2.98. The Morgan fingerprint density at radius 1 is 1.19 bits per heavy atom. The first kappa shape index (κ1) is 12.1. The zero-order valence-electron chi connectivity index (χ0n) is 7.94. The van der Waals surface area contributed by atoms with Gasteiger partial charge in [-0.05, 0) is 12.1 Å². The highest BCUT2D eigenvalue weighted by molar-refractivity contribution is 5.85. The molecule has 0 radical (unpaired) electrons. The number of aromatic nitrogens is 1. The number of aliphatic hydroxyl groups is 2. The van der Waals surface area contributed by atoms with Crippen molar-refractivity contribution >= 4 is 11.9 Å². The van der Waals surface area contributed by atoms with Crippen molar-refractivity contribution in [3.63, 3.8) is 0 Å². The lowest BCUT2D eigenvalue weighted by molar-refractivity contribution is -0.153. The standard InChI is InChI=1S/C9H9NO6/c11-6(7(12)9(15)16)4-2-1-3-5(10-4)8(13)14/h1-3,6-7,11-12H,(H,13,14)(H,15,16). The van der Waals surface area contributed by atoms with E-state index in [0.717, 1.165) is 0 Å². The molecule has 2 unspecified atom stereocenters. The minimum atomic E-state index is -2.04. The molecular formula is C9H9NO6. The minimum Gasteiger partial charge on any atom is -0.479 e. The average molecular weight is 227 g/mol. The monoisotopic (exact) mass is 227 g/mol. The smallest absolute Gasteiger partial charge is 0.354 e. The van der Waals surface area contributed by atoms with Gasteiger partial charge in [0.1, 0.15) is 11.8 Å². The van der Waals surface area contributed by atoms with Crippen molar-refractivity contribution in [2.45, 2.75) is 12.2 Å². The highest BCUT2D eigenvalue weighted by atomic mass is 16.4. The Morgan fingerprint density at radius 3 is 2.31 bits per heavy atom. The number of pyridine rings is 1. The van der Waals surface area contributed by atoms with Gasteiger partial charge in [-0.15, -0.1) is 0 Å². The van der Waals surface area contributed by atoms with Crippen LogP contribution in [0, 0.1) is 0 Å². The van der Waals surface area contributed by atoms with Crippen molar-refractivity contribution in [2.75, 3.05) is 0 Å². The number of carboxylic acids is 2. The second kappa shape index (κ2) is 4.69. The molecular weight excluding hydrogens is 218 g/mol. The second-order valence-corrected chi connectivity index (χ2v) is 2.98. The van der Waals surface area contributed by atoms with Crippen molar-refractivity contribution in [3.05, 3.63) is 29.6 Å². The molecule has 0 spiro atoms. The lowest BCUT2D eigenvalue weighted by Crippen LogP contribution is -2.28. The van der Waals surface area contributed by atoms with E-state index in [2.05, 4.69) is 4.98 Å². The largest absolute Gasteiger partial charge is 0.479 e. The van der Waals surface area contributed by atoms with Gasteiger partial charge in [-0.2, -0.15) is 0 Å². The van der Waals surface area contributed by atoms with E-state index >= 15 is 0 Å². The number of carboxylic acid groups (broad SMARTS) is 2. The van der Waals surface area contributed by atoms with Crippen molar-refractivity contribution in [3.8, 4) is 0 Å². The van der Waals surface area contributed by atoms with Crippen LogP contribution in [0.5, 0.6) is 0 Å². The van der Waals surface area contributed by atoms with E-state index < -0.39 is 24.1 Å². The molecule has 2 atom stereocenters. The molecule has 1 heterocycles. The van der Waals surface area contributed by atoms with Crippen molar-refractivity contribution in [1.82, 2.24) is 4.98 Å². The van der Waals surface area contributed by atoms with Crippen LogP contribution in [0.15, 0.2) is 18.2 Å². The fraction of sp³-hybridized carbons (Fsp3) is 0.222. The van der Waals surface area contributed by atoms with Crippen molar-refractivity contribution in [2.24, 2.45) is 0 Å². The summed E-state index contributed by atoms with van der Waals surface area (Å²) in [5.41, 5.74) is -0.552. The van der Waals surface area contributed by atoms with Crippen LogP contribution in [-0.4, -0.2) is 43.5 Å². The SMILES string of the molecule is O=C(O)c1cccc(C(O)C(O)C(=O)O)n1. The molecule has 86 valence electrons. The summed E-state index contributed by atoms with van der Waals surface area (Å²) in [5, 5.41) is 35.5. The quantitative estimate of drug-likeness (QED) is 0.533. The molecule has 1 aromatic heterocycles. The maximum atomic E-state index is 10.6. The minimum absolute atomic E-state index is 0.213. The molecule has 0 fully saturated rings. The first-order valence-corrected chi connectivity index (χ1v) is 4.22. The van der Waals surface area contributed by atoms with Crippen LogP contribution in [0.2, 0.25) is 0 Å². The van der Waals surface area contributed by atoms with E-state index in [9.17, 15) is 14.7 Å². The molecule has 7 heteroatoms. The Hall–Kier alpha value is -1.99. The Balaban J connectivity index is 3.00. The van der Waals surface area contributed by atoms with E-state index in [0.29, 0.717) is 0 Å². The van der Waals surface area contributed by atoms with Gasteiger partial charge in [0.2, 0.25) is 0 Å². The van der Waals surface area contributed by atoms with E-state index in [4.69, 9.17) is 15.3 Å². The third kappa shape index (κ3) is 2.53. The predicted octanol–water partition coefficient (Wildman–Crippen LogP) is -0.741. The van der Waals surface area contributed by atoms with Crippen LogP contribution >= 0.6 is 0 Å². The topological polar surface area (TPSA) is 128 Å². The molecule has 4 N–H and O–H groups in total. The van der Waals surface area contributed by atoms with E-state index in [-0.39, 0.29) is 11.4 Å². The fourth-order valence-electron chi connectivity index (χ4n) is 1.03. The maximum Gasteiger partial charge on any atom is 0.354 e. The molecule has 0 saturated heterocycles. The van der Waals surface area contributed by atoms with Crippen molar-refractivity contribution < 1.29 is 30.0 Å². The molecule has 0 saturated carbocycles. The van der Waals surface area contributed by atoms with E-state index in [1.165, 1.54) is 18.2 Å². The lowest BCUT2D eigenvalue weighted by Gasteiger charge is -2.13. The first-order chi connectivity index (χ1) is 7.43. The van der Waals surface area contributed by atoms with Gasteiger partial charge < -0.3 is 20.4 Å². The van der Waals surface area contributed by atoms with Crippen LogP contribution in [-0.2, 0) is 4.79 Å². The number of aromatic carboxylic acids is 1. The number of aliphatic hydroxyl groups excluding tert-OH is 2. The van der Waals surface area contributed by atoms with Gasteiger partial charge >= 0.3 is 11.9 Å². The number of aliphatic carboxylic acids is 1. The van der Waals surface area contributed by atoms with Gasteiger partial charge in [0.05, 0.1) is 5.69 Å². The van der Waals surface area contributed by atoms with Gasteiger partial charge in [-0.3, -0.25) is 0 Å². The zero-order valence-corrected chi connectivity index (χ0v) is 7.94. The zero-order chi connectivity index (χ0) is 12.3. The number of carbonyl (C=O) groups is 2. The summed E-state index contributed by atoms with van der Waals surface area (Å²) in [4.78, 5) is 24.4. The summed E-state index contributed by atoms with van der Waals surface area (Å²) in [6.07, 6.45) is -3.81. The summed E-state index contributed by atoms with van der Waals surface area (Å²) < 4.78 is 0. The van der Waals surface area contributed by atoms with Crippen LogP contribution in [0.25, 0.3) is 0 Å². The molecule has 1 rings (SSSR count). The van der Waals surface area contributed by atoms with Crippen molar-refractivity contribution in [1.29, 1.82) is 0 Å². The molecule has 7 nitrogen and oxygen atoms in total. The number of hydrogen-bond donors (Lipinski definition) is 4. The Kier molecular flexibility index (Phi) is 3.54. The summed E-state index contributed by atoms with van der Waals surface area (Å²) in [5.74, 6) is -2.92. The van der Waals surface area contributed by atoms with Gasteiger partial charge in [-0.25, -0.2) is 14.6 Å². The summed E-state index contributed by atoms with van der Waals surface area (Å²) >= 11 is 0. The third-order valence-electron chi connectivity index (χ3n) is 1.84. The van der Waals surface area contributed by atoms with Crippen LogP contribution in [0.3, 0.4) is 0 Å². The fourth-order valence-corrected chi connectivity index (χ4v) is 1.03. The molecule has 0 bridgehead atoms. The van der Waals surface area contributed by atoms with Gasteiger partial charge in [0.25, 0.3) is 0 Å². The van der Waals surface area contributed by atoms with Gasteiger partial charge in [-0.1, -0.05) is 6.07 Å². The van der Waals surface area contributed by atoms with E-state index in [1.54, 1.807) is 0 Å². The molecule has 0 aliphatic heterocycles. The predicted molar refractivity (Wildman–Crippen MR) is 49.8 cm³/mol. The maximum absolute atomic E-state index is 10.6. The highest BCUT2D eigenvalue weighted by Crippen LogP contribution is 2.15. The normalized spacial score (nSPS) is 14.1. The molecule has 16 heavy (non-hydrogen) atoms. The summed E-state index contributed by atoms with van der Waals surface area (Å²) in [6.45, 7) is 0. The molecule has 0 aromatic carbocycles. The van der Waals surface area contributed by atoms with E-state index in [1.807, 2.05) is 0 Å². The first-order valence-electron chi connectivity index (χ1n) is 4.22. The highest BCUT2D eigenvalue weighted by Gasteiger charge is 2.26. The molecule has 1 aromatic rings. The summed E-state index contributed by atoms with van der Waals surface area (Å²) in [6, 6.07) is 3.71. The van der Waals surface area contributed by atoms with Crippen LogP contribution < -0.4 is 0 Å². The Morgan fingerprint density at radius 2 is 1.81 bits per heavy atom. The molecule has 0 aliphatic rings. The average Bonchev–Trinajstić information content (AvgIpc) is 2.27. The molecule has 0 amide bonds. The lowest BCUT2D eigenvalue weighted by atomic mass is 10.1. The summed E-state index contributed by atoms with van der Waals surface area (Å²) in [7, 11) is 0. The number of hydrogen-bond acceptors (Lipinski definition) is 5. The Bertz CT molecular complexity index is 418. The van der Waals surface area contributed by atoms with Crippen LogP contribution in [0.4, 0.5) is 0 Å². The van der Waals surface area contributed by atoms with Gasteiger partial charge in [0, 0.05) is 0 Å². The molecule has 0 aliphatic carbocycles.